The highest BCUT2D eigenvalue weighted by atomic mass is 35.5. The molecular weight excluding hydrogens is 305 g/mol. The summed E-state index contributed by atoms with van der Waals surface area (Å²) >= 11 is 12.1. The number of alkyl halides is 2. The fraction of sp³-hybridized carbons (Fsp3) is 0.235. The first-order valence-electron chi connectivity index (χ1n) is 6.81. The topological polar surface area (TPSA) is 29.1 Å². The molecule has 0 heterocycles. The van der Waals surface area contributed by atoms with Gasteiger partial charge in [0.25, 0.3) is 5.91 Å². The quantitative estimate of drug-likeness (QED) is 0.800. The molecule has 0 aliphatic heterocycles. The molecule has 0 aromatic heterocycles. The Kier molecular flexibility index (Phi) is 3.68. The maximum atomic E-state index is 12.1. The Morgan fingerprint density at radius 2 is 1.67 bits per heavy atom. The third-order valence-corrected chi connectivity index (χ3v) is 4.55. The number of aryl methyl sites for hydroxylation is 1. The maximum Gasteiger partial charge on any atom is 0.255 e. The first-order valence-corrected chi connectivity index (χ1v) is 7.57. The van der Waals surface area contributed by atoms with Crippen molar-refractivity contribution in [3.63, 3.8) is 0 Å². The van der Waals surface area contributed by atoms with Crippen LogP contribution < -0.4 is 5.32 Å². The summed E-state index contributed by atoms with van der Waals surface area (Å²) in [7, 11) is 0. The highest BCUT2D eigenvalue weighted by Gasteiger charge is 2.52. The number of carbonyl (C=O) groups excluding carboxylic acids is 1. The van der Waals surface area contributed by atoms with Crippen LogP contribution in [-0.2, 0) is 0 Å². The predicted octanol–water partition coefficient (Wildman–Crippen LogP) is 4.91. The molecule has 1 fully saturated rings. The molecule has 0 saturated heterocycles. The van der Waals surface area contributed by atoms with Crippen molar-refractivity contribution in [2.24, 2.45) is 0 Å². The molecule has 2 nitrogen and oxygen atoms in total. The molecule has 0 bridgehead atoms. The smallest absolute Gasteiger partial charge is 0.255 e. The van der Waals surface area contributed by atoms with E-state index in [-0.39, 0.29) is 11.8 Å². The lowest BCUT2D eigenvalue weighted by Gasteiger charge is -2.07. The van der Waals surface area contributed by atoms with Gasteiger partial charge in [0, 0.05) is 17.2 Å². The van der Waals surface area contributed by atoms with Crippen LogP contribution in [0.4, 0.5) is 5.69 Å². The Labute approximate surface area is 134 Å². The van der Waals surface area contributed by atoms with Crippen LogP contribution in [0.15, 0.2) is 48.5 Å². The van der Waals surface area contributed by atoms with E-state index in [4.69, 9.17) is 23.2 Å². The van der Waals surface area contributed by atoms with Crippen molar-refractivity contribution >= 4 is 34.8 Å². The van der Waals surface area contributed by atoms with Crippen LogP contribution in [0.5, 0.6) is 0 Å². The number of nitrogens with one attached hydrogen (secondary N) is 1. The molecule has 2 aromatic carbocycles. The van der Waals surface area contributed by atoms with Crippen LogP contribution in [0.1, 0.15) is 33.8 Å². The summed E-state index contributed by atoms with van der Waals surface area (Å²) in [6, 6.07) is 15.2. The molecule has 3 rings (SSSR count). The zero-order valence-electron chi connectivity index (χ0n) is 11.6. The van der Waals surface area contributed by atoms with Gasteiger partial charge in [-0.3, -0.25) is 4.79 Å². The number of anilines is 1. The normalized spacial score (nSPS) is 19.1. The number of benzene rings is 2. The Morgan fingerprint density at radius 3 is 2.19 bits per heavy atom. The number of hydrogen-bond donors (Lipinski definition) is 1. The second-order valence-corrected chi connectivity index (χ2v) is 7.00. The van der Waals surface area contributed by atoms with Crippen LogP contribution in [0, 0.1) is 6.92 Å². The van der Waals surface area contributed by atoms with Crippen LogP contribution in [0.25, 0.3) is 0 Å². The second kappa shape index (κ2) is 5.36. The number of carbonyl (C=O) groups is 1. The zero-order valence-corrected chi connectivity index (χ0v) is 13.1. The average molecular weight is 320 g/mol. The van der Waals surface area contributed by atoms with Crippen molar-refractivity contribution in [3.8, 4) is 0 Å². The third-order valence-electron chi connectivity index (χ3n) is 3.71. The van der Waals surface area contributed by atoms with Gasteiger partial charge in [-0.05, 0) is 43.2 Å². The van der Waals surface area contributed by atoms with E-state index in [1.807, 2.05) is 55.5 Å². The summed E-state index contributed by atoms with van der Waals surface area (Å²) in [4.78, 5) is 12.1. The van der Waals surface area contributed by atoms with Crippen molar-refractivity contribution in [3.05, 3.63) is 65.2 Å². The van der Waals surface area contributed by atoms with Gasteiger partial charge in [0.2, 0.25) is 0 Å². The average Bonchev–Trinajstić information content (AvgIpc) is 3.09. The van der Waals surface area contributed by atoms with Gasteiger partial charge in [0.1, 0.15) is 4.33 Å². The van der Waals surface area contributed by atoms with Crippen LogP contribution >= 0.6 is 23.2 Å². The molecule has 0 radical (unpaired) electrons. The number of halogens is 2. The van der Waals surface area contributed by atoms with Crippen molar-refractivity contribution in [2.75, 3.05) is 5.32 Å². The van der Waals surface area contributed by atoms with Gasteiger partial charge in [0.05, 0.1) is 0 Å². The molecule has 2 aromatic rings. The molecule has 1 aliphatic carbocycles. The van der Waals surface area contributed by atoms with E-state index in [1.54, 1.807) is 0 Å². The van der Waals surface area contributed by atoms with E-state index >= 15 is 0 Å². The monoisotopic (exact) mass is 319 g/mol. The Balaban J connectivity index is 1.68. The highest BCUT2D eigenvalue weighted by Crippen LogP contribution is 2.59. The van der Waals surface area contributed by atoms with E-state index in [1.165, 1.54) is 0 Å². The molecule has 21 heavy (non-hydrogen) atoms. The van der Waals surface area contributed by atoms with Crippen LogP contribution in [0.2, 0.25) is 0 Å². The molecule has 1 saturated carbocycles. The van der Waals surface area contributed by atoms with Gasteiger partial charge < -0.3 is 5.32 Å². The standard InChI is InChI=1S/C17H15Cl2NO/c1-11-2-4-13(5-3-11)16(21)20-14-8-6-12(7-9-14)15-10-17(15,18)19/h2-9,15H,10H2,1H3,(H,20,21). The summed E-state index contributed by atoms with van der Waals surface area (Å²) < 4.78 is -0.618. The number of amides is 1. The van der Waals surface area contributed by atoms with E-state index < -0.39 is 4.33 Å². The Bertz CT molecular complexity index is 662. The van der Waals surface area contributed by atoms with Crippen molar-refractivity contribution in [2.45, 2.75) is 23.6 Å². The van der Waals surface area contributed by atoms with E-state index in [9.17, 15) is 4.79 Å². The fourth-order valence-electron chi connectivity index (χ4n) is 2.28. The van der Waals surface area contributed by atoms with Crippen molar-refractivity contribution in [1.29, 1.82) is 0 Å². The summed E-state index contributed by atoms with van der Waals surface area (Å²) in [5, 5.41) is 2.88. The van der Waals surface area contributed by atoms with Crippen LogP contribution in [-0.4, -0.2) is 10.2 Å². The number of rotatable bonds is 3. The predicted molar refractivity (Wildman–Crippen MR) is 87.4 cm³/mol. The van der Waals surface area contributed by atoms with E-state index in [0.717, 1.165) is 23.2 Å². The lowest BCUT2D eigenvalue weighted by Crippen LogP contribution is -2.11. The molecule has 1 N–H and O–H groups in total. The van der Waals surface area contributed by atoms with Gasteiger partial charge in [-0.25, -0.2) is 0 Å². The minimum Gasteiger partial charge on any atom is -0.322 e. The SMILES string of the molecule is Cc1ccc(C(=O)Nc2ccc(C3CC3(Cl)Cl)cc2)cc1. The lowest BCUT2D eigenvalue weighted by atomic mass is 10.1. The summed E-state index contributed by atoms with van der Waals surface area (Å²) in [6.07, 6.45) is 0.783. The Hall–Kier alpha value is -1.51. The van der Waals surface area contributed by atoms with Crippen molar-refractivity contribution in [1.82, 2.24) is 0 Å². The summed E-state index contributed by atoms with van der Waals surface area (Å²) in [6.45, 7) is 1.99. The maximum absolute atomic E-state index is 12.1. The minimum absolute atomic E-state index is 0.113. The molecule has 108 valence electrons. The van der Waals surface area contributed by atoms with Gasteiger partial charge in [-0.1, -0.05) is 29.8 Å². The molecule has 4 heteroatoms. The molecule has 1 unspecified atom stereocenters. The highest BCUT2D eigenvalue weighted by molar-refractivity contribution is 6.51. The second-order valence-electron chi connectivity index (χ2n) is 5.46. The first-order chi connectivity index (χ1) is 9.95. The largest absolute Gasteiger partial charge is 0.322 e. The molecule has 1 amide bonds. The van der Waals surface area contributed by atoms with Crippen molar-refractivity contribution < 1.29 is 4.79 Å². The first kappa shape index (κ1) is 14.4. The molecular formula is C17H15Cl2NO. The van der Waals surface area contributed by atoms with Gasteiger partial charge in [-0.15, -0.1) is 23.2 Å². The summed E-state index contributed by atoms with van der Waals surface area (Å²) in [5.41, 5.74) is 3.64. The summed E-state index contributed by atoms with van der Waals surface area (Å²) in [5.74, 6) is 0.0842. The third kappa shape index (κ3) is 3.22. The van der Waals surface area contributed by atoms with E-state index in [0.29, 0.717) is 5.56 Å². The molecule has 1 aliphatic rings. The molecule has 0 spiro atoms. The molecule has 1 atom stereocenters. The van der Waals surface area contributed by atoms with Gasteiger partial charge in [0.15, 0.2) is 0 Å². The van der Waals surface area contributed by atoms with Gasteiger partial charge >= 0.3 is 0 Å². The lowest BCUT2D eigenvalue weighted by molar-refractivity contribution is 0.102. The number of hydrogen-bond acceptors (Lipinski definition) is 1. The zero-order chi connectivity index (χ0) is 15.0. The fourth-order valence-corrected chi connectivity index (χ4v) is 2.84. The van der Waals surface area contributed by atoms with E-state index in [2.05, 4.69) is 5.32 Å². The van der Waals surface area contributed by atoms with Gasteiger partial charge in [-0.2, -0.15) is 0 Å². The Morgan fingerprint density at radius 1 is 1.10 bits per heavy atom. The van der Waals surface area contributed by atoms with Crippen LogP contribution in [0.3, 0.4) is 0 Å². The minimum atomic E-state index is -0.618.